The number of aryl methyl sites for hydroxylation is 1. The largest absolute Gasteiger partial charge is 0.481 e. The summed E-state index contributed by atoms with van der Waals surface area (Å²) >= 11 is 5.94. The number of halogens is 1. The summed E-state index contributed by atoms with van der Waals surface area (Å²) < 4.78 is 28.2. The first-order valence-electron chi connectivity index (χ1n) is 10.5. The van der Waals surface area contributed by atoms with E-state index in [1.54, 1.807) is 22.5 Å². The number of benzene rings is 2. The second-order valence-corrected chi connectivity index (χ2v) is 10.5. The molecule has 2 aromatic carbocycles. The number of piperazine rings is 1. The first kappa shape index (κ1) is 23.7. The zero-order valence-corrected chi connectivity index (χ0v) is 19.4. The molecule has 6 nitrogen and oxygen atoms in total. The number of rotatable bonds is 8. The number of hydrogen-bond acceptors (Lipinski definition) is 4. The van der Waals surface area contributed by atoms with Gasteiger partial charge >= 0.3 is 5.97 Å². The van der Waals surface area contributed by atoms with Crippen LogP contribution in [0.15, 0.2) is 53.4 Å². The quantitative estimate of drug-likeness (QED) is 0.644. The number of hydrogen-bond donors (Lipinski definition) is 1. The molecule has 1 N–H and O–H groups in total. The van der Waals surface area contributed by atoms with E-state index in [2.05, 4.69) is 4.90 Å². The van der Waals surface area contributed by atoms with Gasteiger partial charge in [-0.05, 0) is 68.6 Å². The van der Waals surface area contributed by atoms with Gasteiger partial charge in [-0.3, -0.25) is 4.79 Å². The van der Waals surface area contributed by atoms with Crippen LogP contribution in [0.1, 0.15) is 31.4 Å². The van der Waals surface area contributed by atoms with E-state index in [1.807, 2.05) is 38.1 Å². The minimum absolute atomic E-state index is 0.154. The molecule has 0 saturated carbocycles. The summed E-state index contributed by atoms with van der Waals surface area (Å²) in [6, 6.07) is 13.8. The van der Waals surface area contributed by atoms with Crippen molar-refractivity contribution in [2.24, 2.45) is 0 Å². The van der Waals surface area contributed by atoms with E-state index < -0.39 is 16.0 Å². The van der Waals surface area contributed by atoms with Gasteiger partial charge in [-0.2, -0.15) is 4.31 Å². The molecule has 2 aromatic rings. The van der Waals surface area contributed by atoms with Gasteiger partial charge in [-0.25, -0.2) is 8.42 Å². The average molecular weight is 465 g/mol. The third-order valence-electron chi connectivity index (χ3n) is 5.60. The van der Waals surface area contributed by atoms with E-state index in [9.17, 15) is 13.2 Å². The van der Waals surface area contributed by atoms with E-state index in [1.165, 1.54) is 11.6 Å². The Labute approximate surface area is 189 Å². The Morgan fingerprint density at radius 3 is 2.32 bits per heavy atom. The molecular formula is C23H29ClN2O4S. The Kier molecular flexibility index (Phi) is 7.75. The predicted octanol–water partition coefficient (Wildman–Crippen LogP) is 3.68. The first-order chi connectivity index (χ1) is 14.7. The third kappa shape index (κ3) is 6.07. The van der Waals surface area contributed by atoms with Crippen molar-refractivity contribution in [2.45, 2.75) is 50.1 Å². The van der Waals surface area contributed by atoms with Crippen LogP contribution >= 0.6 is 11.6 Å². The van der Waals surface area contributed by atoms with Crippen molar-refractivity contribution in [3.8, 4) is 0 Å². The Morgan fingerprint density at radius 2 is 1.71 bits per heavy atom. The molecule has 8 heteroatoms. The fourth-order valence-electron chi connectivity index (χ4n) is 4.34. The molecule has 168 valence electrons. The Morgan fingerprint density at radius 1 is 1.06 bits per heavy atom. The summed E-state index contributed by atoms with van der Waals surface area (Å²) in [6.45, 7) is 6.10. The van der Waals surface area contributed by atoms with Gasteiger partial charge in [0, 0.05) is 30.2 Å². The highest BCUT2D eigenvalue weighted by atomic mass is 35.5. The van der Waals surface area contributed by atoms with Gasteiger partial charge in [0.15, 0.2) is 0 Å². The molecule has 2 atom stereocenters. The van der Waals surface area contributed by atoms with Crippen LogP contribution < -0.4 is 0 Å². The number of carbonyl (C=O) groups is 1. The molecule has 0 aromatic heterocycles. The molecular weight excluding hydrogens is 436 g/mol. The van der Waals surface area contributed by atoms with Crippen LogP contribution in [0.2, 0.25) is 5.02 Å². The molecule has 1 fully saturated rings. The van der Waals surface area contributed by atoms with Crippen molar-refractivity contribution >= 4 is 27.6 Å². The molecule has 0 aliphatic carbocycles. The van der Waals surface area contributed by atoms with Crippen molar-refractivity contribution < 1.29 is 18.3 Å². The smallest absolute Gasteiger partial charge is 0.307 e. The predicted molar refractivity (Wildman–Crippen MR) is 122 cm³/mol. The number of nitrogens with zero attached hydrogens (tertiary/aromatic N) is 2. The van der Waals surface area contributed by atoms with Gasteiger partial charge in [-0.15, -0.1) is 0 Å². The fourth-order valence-corrected chi connectivity index (χ4v) is 6.34. The lowest BCUT2D eigenvalue weighted by Crippen LogP contribution is -2.58. The number of carboxylic acid groups (broad SMARTS) is 1. The molecule has 0 amide bonds. The minimum Gasteiger partial charge on any atom is -0.481 e. The lowest BCUT2D eigenvalue weighted by molar-refractivity contribution is -0.136. The summed E-state index contributed by atoms with van der Waals surface area (Å²) in [5.74, 6) is -0.983. The van der Waals surface area contributed by atoms with Crippen molar-refractivity contribution in [1.29, 1.82) is 0 Å². The highest BCUT2D eigenvalue weighted by Crippen LogP contribution is 2.26. The normalized spacial score (nSPS) is 20.6. The average Bonchev–Trinajstić information content (AvgIpc) is 2.68. The fraction of sp³-hybridized carbons (Fsp3) is 0.435. The van der Waals surface area contributed by atoms with Gasteiger partial charge < -0.3 is 10.0 Å². The molecule has 3 rings (SSSR count). The first-order valence-corrected chi connectivity index (χ1v) is 12.3. The van der Waals surface area contributed by atoms with Crippen LogP contribution in [0.5, 0.6) is 0 Å². The van der Waals surface area contributed by atoms with Crippen LogP contribution in [0.4, 0.5) is 0 Å². The lowest BCUT2D eigenvalue weighted by Gasteiger charge is -2.43. The van der Waals surface area contributed by atoms with E-state index in [0.29, 0.717) is 18.7 Å². The molecule has 0 radical (unpaired) electrons. The Hall–Kier alpha value is -1.93. The SMILES string of the molecule is CC1CN(CCCc2ccc(Cl)cc2)C[C@H](C)N1S(=O)(=O)c1cccc(CC(=O)O)c1. The van der Waals surface area contributed by atoms with Crippen LogP contribution in [-0.4, -0.2) is 60.4 Å². The molecule has 31 heavy (non-hydrogen) atoms. The van der Waals surface area contributed by atoms with E-state index in [4.69, 9.17) is 16.7 Å². The van der Waals surface area contributed by atoms with E-state index in [0.717, 1.165) is 24.4 Å². The summed E-state index contributed by atoms with van der Waals surface area (Å²) in [7, 11) is -3.71. The monoisotopic (exact) mass is 464 g/mol. The number of aliphatic carboxylic acids is 1. The minimum atomic E-state index is -3.71. The zero-order chi connectivity index (χ0) is 22.6. The summed E-state index contributed by atoms with van der Waals surface area (Å²) in [6.07, 6.45) is 1.75. The zero-order valence-electron chi connectivity index (χ0n) is 17.9. The van der Waals surface area contributed by atoms with Gasteiger partial charge in [0.1, 0.15) is 0 Å². The van der Waals surface area contributed by atoms with Gasteiger partial charge in [0.2, 0.25) is 10.0 Å². The third-order valence-corrected chi connectivity index (χ3v) is 7.97. The van der Waals surface area contributed by atoms with Gasteiger partial charge in [0.05, 0.1) is 11.3 Å². The second-order valence-electron chi connectivity index (χ2n) is 8.24. The van der Waals surface area contributed by atoms with Crippen molar-refractivity contribution in [2.75, 3.05) is 19.6 Å². The highest BCUT2D eigenvalue weighted by Gasteiger charge is 2.38. The summed E-state index contributed by atoms with van der Waals surface area (Å²) in [4.78, 5) is 13.5. The number of carboxylic acids is 1. The van der Waals surface area contributed by atoms with Crippen LogP contribution in [0.3, 0.4) is 0 Å². The highest BCUT2D eigenvalue weighted by molar-refractivity contribution is 7.89. The van der Waals surface area contributed by atoms with Crippen molar-refractivity contribution in [3.05, 3.63) is 64.7 Å². The molecule has 0 spiro atoms. The summed E-state index contributed by atoms with van der Waals surface area (Å²) in [5, 5.41) is 9.74. The maximum absolute atomic E-state index is 13.3. The molecule has 1 saturated heterocycles. The standard InChI is InChI=1S/C23H29ClN2O4S/c1-17-15-25(12-4-6-19-8-10-21(24)11-9-19)16-18(2)26(17)31(29,30)22-7-3-5-20(13-22)14-23(27)28/h3,5,7-11,13,17-18H,4,6,12,14-16H2,1-2H3,(H,27,28)/t17-,18?/m0/s1. The van der Waals surface area contributed by atoms with Crippen LogP contribution in [0.25, 0.3) is 0 Å². The van der Waals surface area contributed by atoms with Crippen LogP contribution in [0, 0.1) is 0 Å². The maximum atomic E-state index is 13.3. The topological polar surface area (TPSA) is 77.9 Å². The Bertz CT molecular complexity index is 998. The van der Waals surface area contributed by atoms with Gasteiger partial charge in [-0.1, -0.05) is 35.9 Å². The maximum Gasteiger partial charge on any atom is 0.307 e. The lowest BCUT2D eigenvalue weighted by atomic mass is 10.1. The van der Waals surface area contributed by atoms with E-state index in [-0.39, 0.29) is 23.4 Å². The molecule has 1 aliphatic heterocycles. The molecule has 1 aliphatic rings. The van der Waals surface area contributed by atoms with Gasteiger partial charge in [0.25, 0.3) is 0 Å². The second kappa shape index (κ2) is 10.1. The Balaban J connectivity index is 1.63. The van der Waals surface area contributed by atoms with Crippen molar-refractivity contribution in [3.63, 3.8) is 0 Å². The molecule has 1 heterocycles. The summed E-state index contributed by atoms with van der Waals surface area (Å²) in [5.41, 5.74) is 1.72. The number of sulfonamides is 1. The van der Waals surface area contributed by atoms with Crippen molar-refractivity contribution in [1.82, 2.24) is 9.21 Å². The van der Waals surface area contributed by atoms with Crippen LogP contribution in [-0.2, 0) is 27.7 Å². The molecule has 1 unspecified atom stereocenters. The molecule has 0 bridgehead atoms. The van der Waals surface area contributed by atoms with E-state index >= 15 is 0 Å².